The van der Waals surface area contributed by atoms with Crippen LogP contribution in [0.4, 0.5) is 11.4 Å². The molecule has 2 aliphatic rings. The molecule has 1 saturated heterocycles. The number of azo groups is 1. The lowest BCUT2D eigenvalue weighted by molar-refractivity contribution is -0.137. The highest BCUT2D eigenvalue weighted by molar-refractivity contribution is 6.06. The average molecular weight is 553 g/mol. The predicted molar refractivity (Wildman–Crippen MR) is 143 cm³/mol. The van der Waals surface area contributed by atoms with Crippen molar-refractivity contribution in [1.29, 1.82) is 0 Å². The molecule has 0 spiro atoms. The molecule has 0 radical (unpaired) electrons. The number of benzene rings is 2. The van der Waals surface area contributed by atoms with E-state index in [1.54, 1.807) is 30.3 Å². The molecule has 2 aromatic rings. The molecule has 212 valence electrons. The Morgan fingerprint density at radius 2 is 1.88 bits per heavy atom. The van der Waals surface area contributed by atoms with Gasteiger partial charge in [-0.1, -0.05) is 6.07 Å². The number of rotatable bonds is 12. The first-order chi connectivity index (χ1) is 19.4. The molecule has 2 aliphatic heterocycles. The summed E-state index contributed by atoms with van der Waals surface area (Å²) in [5.74, 6) is -0.456. The summed E-state index contributed by atoms with van der Waals surface area (Å²) in [6, 6.07) is 7.48. The first-order valence-corrected chi connectivity index (χ1v) is 12.9. The Labute approximate surface area is 231 Å². The molecule has 4 rings (SSSR count). The average Bonchev–Trinajstić information content (AvgIpc) is 3.29. The Kier molecular flexibility index (Phi) is 9.27. The molecule has 2 aromatic carbocycles. The number of amides is 4. The van der Waals surface area contributed by atoms with Crippen LogP contribution in [-0.4, -0.2) is 68.5 Å². The third-order valence-electron chi connectivity index (χ3n) is 6.59. The van der Waals surface area contributed by atoms with E-state index in [0.29, 0.717) is 47.2 Å². The molecule has 1 atom stereocenters. The Hall–Kier alpha value is -4.52. The fraction of sp³-hybridized carbons (Fsp3) is 0.407. The summed E-state index contributed by atoms with van der Waals surface area (Å²) in [5, 5.41) is 13.8. The topological polar surface area (TPSA) is 174 Å². The van der Waals surface area contributed by atoms with E-state index in [-0.39, 0.29) is 49.4 Å². The van der Waals surface area contributed by atoms with Crippen molar-refractivity contribution >= 4 is 35.0 Å². The molecule has 0 aliphatic carbocycles. The molecule has 40 heavy (non-hydrogen) atoms. The van der Waals surface area contributed by atoms with E-state index in [9.17, 15) is 19.2 Å². The van der Waals surface area contributed by atoms with Gasteiger partial charge >= 0.3 is 0 Å². The number of nitrogens with two attached hydrogens (primary N) is 1. The van der Waals surface area contributed by atoms with Gasteiger partial charge in [0.1, 0.15) is 11.8 Å². The maximum Gasteiger partial charge on any atom is 0.257 e. The van der Waals surface area contributed by atoms with Gasteiger partial charge in [0, 0.05) is 42.8 Å². The highest BCUT2D eigenvalue weighted by Crippen LogP contribution is 2.43. The zero-order chi connectivity index (χ0) is 28.6. The monoisotopic (exact) mass is 552 g/mol. The number of fused-ring (bicyclic) bond motifs is 1. The Morgan fingerprint density at radius 1 is 1.12 bits per heavy atom. The second-order valence-electron chi connectivity index (χ2n) is 9.21. The molecular formula is C27H32N6O7. The zero-order valence-corrected chi connectivity index (χ0v) is 22.4. The summed E-state index contributed by atoms with van der Waals surface area (Å²) in [7, 11) is 2.91. The van der Waals surface area contributed by atoms with Crippen molar-refractivity contribution in [3.8, 4) is 17.2 Å². The van der Waals surface area contributed by atoms with Crippen LogP contribution in [0.3, 0.4) is 0 Å². The lowest BCUT2D eigenvalue weighted by atomic mass is 10.0. The second kappa shape index (κ2) is 13.0. The minimum Gasteiger partial charge on any atom is -0.494 e. The number of unbranched alkanes of at least 4 members (excludes halogenated alkanes) is 1. The van der Waals surface area contributed by atoms with Crippen molar-refractivity contribution in [3.05, 3.63) is 41.5 Å². The van der Waals surface area contributed by atoms with Crippen LogP contribution >= 0.6 is 0 Å². The van der Waals surface area contributed by atoms with Gasteiger partial charge in [0.05, 0.1) is 19.9 Å². The van der Waals surface area contributed by atoms with Crippen LogP contribution in [0.2, 0.25) is 0 Å². The minimum atomic E-state index is -0.733. The molecule has 4 N–H and O–H groups in total. The summed E-state index contributed by atoms with van der Waals surface area (Å²) in [6.07, 6.45) is 2.05. The normalized spacial score (nSPS) is 16.6. The highest BCUT2D eigenvalue weighted by Gasteiger charge is 2.39. The largest absolute Gasteiger partial charge is 0.494 e. The van der Waals surface area contributed by atoms with E-state index >= 15 is 0 Å². The van der Waals surface area contributed by atoms with Gasteiger partial charge in [-0.05, 0) is 37.9 Å². The summed E-state index contributed by atoms with van der Waals surface area (Å²) < 4.78 is 16.6. The first-order valence-electron chi connectivity index (χ1n) is 12.9. The molecule has 13 nitrogen and oxygen atoms in total. The Morgan fingerprint density at radius 3 is 2.55 bits per heavy atom. The maximum absolute atomic E-state index is 13.1. The Balaban J connectivity index is 1.51. The lowest BCUT2D eigenvalue weighted by Gasteiger charge is -2.29. The third kappa shape index (κ3) is 6.37. The molecule has 1 fully saturated rings. The number of carbonyl (C=O) groups excluding carboxylic acids is 4. The van der Waals surface area contributed by atoms with Crippen molar-refractivity contribution in [2.24, 2.45) is 16.0 Å². The number of methoxy groups -OCH3 is 2. The van der Waals surface area contributed by atoms with Gasteiger partial charge in [0.25, 0.3) is 11.8 Å². The van der Waals surface area contributed by atoms with Crippen LogP contribution in [0.15, 0.2) is 40.6 Å². The van der Waals surface area contributed by atoms with E-state index in [1.807, 2.05) is 0 Å². The van der Waals surface area contributed by atoms with E-state index in [4.69, 9.17) is 19.9 Å². The van der Waals surface area contributed by atoms with Gasteiger partial charge < -0.3 is 30.2 Å². The molecular weight excluding hydrogens is 520 g/mol. The lowest BCUT2D eigenvalue weighted by Crippen LogP contribution is -2.52. The van der Waals surface area contributed by atoms with Crippen molar-refractivity contribution in [3.63, 3.8) is 0 Å². The van der Waals surface area contributed by atoms with Crippen LogP contribution in [0.25, 0.3) is 0 Å². The number of ether oxygens (including phenoxy) is 3. The van der Waals surface area contributed by atoms with Crippen molar-refractivity contribution in [1.82, 2.24) is 15.5 Å². The van der Waals surface area contributed by atoms with Crippen molar-refractivity contribution in [2.75, 3.05) is 33.9 Å². The maximum atomic E-state index is 13.1. The number of nitrogens with zero attached hydrogens (tertiary/aromatic N) is 3. The van der Waals surface area contributed by atoms with Crippen molar-refractivity contribution in [2.45, 2.75) is 38.3 Å². The molecule has 0 bridgehead atoms. The molecule has 4 amide bonds. The van der Waals surface area contributed by atoms with Crippen molar-refractivity contribution < 1.29 is 33.4 Å². The van der Waals surface area contributed by atoms with Gasteiger partial charge in [-0.15, -0.1) is 10.2 Å². The number of hydrogen-bond donors (Lipinski definition) is 3. The number of nitrogens with one attached hydrogen (secondary N) is 2. The number of hydrogen-bond acceptors (Lipinski definition) is 10. The van der Waals surface area contributed by atoms with Gasteiger partial charge in [-0.3, -0.25) is 24.5 Å². The minimum absolute atomic E-state index is 0.158. The van der Waals surface area contributed by atoms with Gasteiger partial charge in [0.15, 0.2) is 23.8 Å². The smallest absolute Gasteiger partial charge is 0.257 e. The zero-order valence-electron chi connectivity index (χ0n) is 22.4. The van der Waals surface area contributed by atoms with Crippen LogP contribution in [-0.2, 0) is 20.9 Å². The van der Waals surface area contributed by atoms with Crippen LogP contribution in [0, 0.1) is 0 Å². The van der Waals surface area contributed by atoms with Crippen LogP contribution in [0.1, 0.15) is 41.6 Å². The summed E-state index contributed by atoms with van der Waals surface area (Å²) >= 11 is 0. The summed E-state index contributed by atoms with van der Waals surface area (Å²) in [5.41, 5.74) is 7.23. The van der Waals surface area contributed by atoms with E-state index in [0.717, 1.165) is 12.8 Å². The summed E-state index contributed by atoms with van der Waals surface area (Å²) in [6.45, 7) is 1.06. The van der Waals surface area contributed by atoms with Gasteiger partial charge in [0.2, 0.25) is 11.8 Å². The number of carbonyl (C=O) groups is 4. The summed E-state index contributed by atoms with van der Waals surface area (Å²) in [4.78, 5) is 50.5. The fourth-order valence-corrected chi connectivity index (χ4v) is 4.52. The quantitative estimate of drug-likeness (QED) is 0.204. The second-order valence-corrected chi connectivity index (χ2v) is 9.21. The first kappa shape index (κ1) is 28.5. The molecule has 13 heteroatoms. The SMILES string of the molecule is COc1cc(OCC(=O)NCCCCN)cc(OC)c1N=Nc1cccc2c1CN(C1CCC(=O)NC1=O)C2=O. The Bertz CT molecular complexity index is 1300. The number of piperidine rings is 1. The third-order valence-corrected chi connectivity index (χ3v) is 6.59. The molecule has 0 aromatic heterocycles. The van der Waals surface area contributed by atoms with Crippen LogP contribution in [0.5, 0.6) is 17.2 Å². The molecule has 1 unspecified atom stereocenters. The van der Waals surface area contributed by atoms with Crippen LogP contribution < -0.4 is 30.6 Å². The molecule has 2 heterocycles. The van der Waals surface area contributed by atoms with Gasteiger partial charge in [-0.25, -0.2) is 0 Å². The number of imide groups is 1. The van der Waals surface area contributed by atoms with Gasteiger partial charge in [-0.2, -0.15) is 0 Å². The fourth-order valence-electron chi connectivity index (χ4n) is 4.52. The van der Waals surface area contributed by atoms with E-state index < -0.39 is 11.9 Å². The van der Waals surface area contributed by atoms with E-state index in [1.165, 1.54) is 19.1 Å². The predicted octanol–water partition coefficient (Wildman–Crippen LogP) is 2.11. The molecule has 0 saturated carbocycles. The highest BCUT2D eigenvalue weighted by atomic mass is 16.5. The standard InChI is InChI=1S/C27H32N6O7/c1-38-21-12-16(40-15-24(35)29-11-4-3-10-28)13-22(39-2)25(21)32-31-19-7-5-6-17-18(19)14-33(27(17)37)20-8-9-23(34)30-26(20)36/h5-7,12-13,20H,3-4,8-11,14-15,28H2,1-2H3,(H,29,35)(H,30,34,36). The van der Waals surface area contributed by atoms with E-state index in [2.05, 4.69) is 20.9 Å².